The van der Waals surface area contributed by atoms with Crippen molar-refractivity contribution in [2.24, 2.45) is 0 Å². The molecular weight excluding hydrogens is 232 g/mol. The molecule has 0 aromatic carbocycles. The van der Waals surface area contributed by atoms with E-state index >= 15 is 0 Å². The number of nitrogens with zero attached hydrogens (tertiary/aromatic N) is 1. The second-order valence-corrected chi connectivity index (χ2v) is 5.34. The molecule has 0 aliphatic heterocycles. The lowest BCUT2D eigenvalue weighted by atomic mass is 10.2. The van der Waals surface area contributed by atoms with Gasteiger partial charge in [0.15, 0.2) is 0 Å². The summed E-state index contributed by atoms with van der Waals surface area (Å²) in [5, 5.41) is 5.59. The van der Waals surface area contributed by atoms with E-state index in [0.717, 1.165) is 26.2 Å². The smallest absolute Gasteiger partial charge is 0.0630 e. The zero-order chi connectivity index (χ0) is 12.5. The first-order valence-electron chi connectivity index (χ1n) is 6.20. The molecule has 98 valence electrons. The van der Waals surface area contributed by atoms with Crippen LogP contribution < -0.4 is 5.32 Å². The van der Waals surface area contributed by atoms with Gasteiger partial charge in [-0.3, -0.25) is 4.90 Å². The molecule has 4 heteroatoms. The maximum Gasteiger partial charge on any atom is 0.0630 e. The van der Waals surface area contributed by atoms with Crippen LogP contribution in [-0.2, 0) is 11.3 Å². The Morgan fingerprint density at radius 3 is 2.94 bits per heavy atom. The van der Waals surface area contributed by atoms with E-state index in [2.05, 4.69) is 41.7 Å². The zero-order valence-electron chi connectivity index (χ0n) is 11.1. The second-order valence-electron chi connectivity index (χ2n) is 4.31. The van der Waals surface area contributed by atoms with Gasteiger partial charge >= 0.3 is 0 Å². The summed E-state index contributed by atoms with van der Waals surface area (Å²) in [4.78, 5) is 3.77. The summed E-state index contributed by atoms with van der Waals surface area (Å²) in [6.45, 7) is 6.03. The van der Waals surface area contributed by atoms with Gasteiger partial charge in [-0.2, -0.15) is 0 Å². The molecule has 0 amide bonds. The average Bonchev–Trinajstić information content (AvgIpc) is 2.81. The molecule has 1 unspecified atom stereocenters. The highest BCUT2D eigenvalue weighted by atomic mass is 32.1. The number of thiophene rings is 1. The van der Waals surface area contributed by atoms with Gasteiger partial charge in [-0.15, -0.1) is 11.3 Å². The number of hydrogen-bond donors (Lipinski definition) is 1. The SMILES string of the molecule is CCCNCC(COC)N(C)Cc1cccs1. The fourth-order valence-electron chi connectivity index (χ4n) is 1.76. The predicted molar refractivity (Wildman–Crippen MR) is 74.6 cm³/mol. The van der Waals surface area contributed by atoms with Gasteiger partial charge in [0.1, 0.15) is 0 Å². The Morgan fingerprint density at radius 2 is 2.35 bits per heavy atom. The Morgan fingerprint density at radius 1 is 1.53 bits per heavy atom. The molecule has 0 fully saturated rings. The number of ether oxygens (including phenoxy) is 1. The first kappa shape index (κ1) is 14.6. The fourth-order valence-corrected chi connectivity index (χ4v) is 2.52. The van der Waals surface area contributed by atoms with Crippen molar-refractivity contribution >= 4 is 11.3 Å². The van der Waals surface area contributed by atoms with E-state index in [0.29, 0.717) is 6.04 Å². The predicted octanol–water partition coefficient (Wildman–Crippen LogP) is 2.19. The van der Waals surface area contributed by atoms with Crippen LogP contribution in [-0.4, -0.2) is 44.8 Å². The van der Waals surface area contributed by atoms with Crippen LogP contribution in [0.1, 0.15) is 18.2 Å². The highest BCUT2D eigenvalue weighted by Crippen LogP contribution is 2.12. The Hall–Kier alpha value is -0.420. The molecule has 17 heavy (non-hydrogen) atoms. The van der Waals surface area contributed by atoms with Crippen molar-refractivity contribution in [2.75, 3.05) is 33.9 Å². The molecule has 1 rings (SSSR count). The highest BCUT2D eigenvalue weighted by Gasteiger charge is 2.14. The van der Waals surface area contributed by atoms with Crippen molar-refractivity contribution in [2.45, 2.75) is 25.9 Å². The Labute approximate surface area is 109 Å². The summed E-state index contributed by atoms with van der Waals surface area (Å²) in [6.07, 6.45) is 1.17. The van der Waals surface area contributed by atoms with Gasteiger partial charge in [0.05, 0.1) is 6.61 Å². The molecule has 0 aliphatic carbocycles. The third-order valence-corrected chi connectivity index (χ3v) is 3.64. The monoisotopic (exact) mass is 256 g/mol. The minimum atomic E-state index is 0.439. The molecule has 1 aromatic heterocycles. The largest absolute Gasteiger partial charge is 0.383 e. The topological polar surface area (TPSA) is 24.5 Å². The molecular formula is C13H24N2OS. The van der Waals surface area contributed by atoms with Gasteiger partial charge in [0.2, 0.25) is 0 Å². The van der Waals surface area contributed by atoms with E-state index in [1.165, 1.54) is 11.3 Å². The van der Waals surface area contributed by atoms with Gasteiger partial charge in [0.25, 0.3) is 0 Å². The van der Waals surface area contributed by atoms with Crippen LogP contribution in [0.5, 0.6) is 0 Å². The van der Waals surface area contributed by atoms with Crippen LogP contribution in [0.3, 0.4) is 0 Å². The van der Waals surface area contributed by atoms with Crippen LogP contribution in [0.2, 0.25) is 0 Å². The second kappa shape index (κ2) is 8.64. The molecule has 1 heterocycles. The molecule has 1 aromatic rings. The summed E-state index contributed by atoms with van der Waals surface area (Å²) in [6, 6.07) is 4.73. The maximum atomic E-state index is 5.30. The van der Waals surface area contributed by atoms with Gasteiger partial charge in [-0.25, -0.2) is 0 Å². The van der Waals surface area contributed by atoms with Gasteiger partial charge in [-0.1, -0.05) is 13.0 Å². The number of nitrogens with one attached hydrogen (secondary N) is 1. The van der Waals surface area contributed by atoms with Crippen LogP contribution in [0, 0.1) is 0 Å². The molecule has 0 saturated heterocycles. The van der Waals surface area contributed by atoms with Crippen LogP contribution in [0.15, 0.2) is 17.5 Å². The Balaban J connectivity index is 2.39. The van der Waals surface area contributed by atoms with Gasteiger partial charge < -0.3 is 10.1 Å². The molecule has 0 aliphatic rings. The lowest BCUT2D eigenvalue weighted by Gasteiger charge is -2.27. The molecule has 1 N–H and O–H groups in total. The molecule has 3 nitrogen and oxygen atoms in total. The van der Waals surface area contributed by atoms with E-state index in [9.17, 15) is 0 Å². The van der Waals surface area contributed by atoms with Gasteiger partial charge in [-0.05, 0) is 31.5 Å². The number of rotatable bonds is 9. The first-order valence-corrected chi connectivity index (χ1v) is 7.08. The zero-order valence-corrected chi connectivity index (χ0v) is 11.9. The van der Waals surface area contributed by atoms with E-state index in [4.69, 9.17) is 4.74 Å². The summed E-state index contributed by atoms with van der Waals surface area (Å²) >= 11 is 1.81. The van der Waals surface area contributed by atoms with Gasteiger partial charge in [0, 0.05) is 31.1 Å². The molecule has 1 atom stereocenters. The Bertz CT molecular complexity index is 277. The lowest BCUT2D eigenvalue weighted by molar-refractivity contribution is 0.102. The van der Waals surface area contributed by atoms with Crippen molar-refractivity contribution in [1.82, 2.24) is 10.2 Å². The fraction of sp³-hybridized carbons (Fsp3) is 0.692. The molecule has 0 radical (unpaired) electrons. The quantitative estimate of drug-likeness (QED) is 0.686. The Kier molecular flexibility index (Phi) is 7.44. The minimum absolute atomic E-state index is 0.439. The van der Waals surface area contributed by atoms with Crippen LogP contribution >= 0.6 is 11.3 Å². The molecule has 0 spiro atoms. The maximum absolute atomic E-state index is 5.30. The van der Waals surface area contributed by atoms with Crippen molar-refractivity contribution < 1.29 is 4.74 Å². The first-order chi connectivity index (χ1) is 8.27. The van der Waals surface area contributed by atoms with Crippen LogP contribution in [0.25, 0.3) is 0 Å². The number of methoxy groups -OCH3 is 1. The standard InChI is InChI=1S/C13H24N2OS/c1-4-7-14-9-12(11-16-3)15(2)10-13-6-5-8-17-13/h5-6,8,12,14H,4,7,9-11H2,1-3H3. The summed E-state index contributed by atoms with van der Waals surface area (Å²) < 4.78 is 5.30. The normalized spacial score (nSPS) is 13.2. The van der Waals surface area contributed by atoms with E-state index < -0.39 is 0 Å². The third kappa shape index (κ3) is 5.64. The highest BCUT2D eigenvalue weighted by molar-refractivity contribution is 7.09. The average molecular weight is 256 g/mol. The molecule has 0 bridgehead atoms. The number of hydrogen-bond acceptors (Lipinski definition) is 4. The summed E-state index contributed by atoms with van der Waals surface area (Å²) in [5.41, 5.74) is 0. The van der Waals surface area contributed by atoms with Crippen molar-refractivity contribution in [3.8, 4) is 0 Å². The summed E-state index contributed by atoms with van der Waals surface area (Å²) in [5.74, 6) is 0. The van der Waals surface area contributed by atoms with E-state index in [1.807, 2.05) is 11.3 Å². The van der Waals surface area contributed by atoms with E-state index in [-0.39, 0.29) is 0 Å². The minimum Gasteiger partial charge on any atom is -0.383 e. The van der Waals surface area contributed by atoms with E-state index in [1.54, 1.807) is 7.11 Å². The number of likely N-dealkylation sites (N-methyl/N-ethyl adjacent to an activating group) is 1. The van der Waals surface area contributed by atoms with Crippen LogP contribution in [0.4, 0.5) is 0 Å². The third-order valence-electron chi connectivity index (χ3n) is 2.77. The molecule has 0 saturated carbocycles. The van der Waals surface area contributed by atoms with Crippen molar-refractivity contribution in [3.05, 3.63) is 22.4 Å². The summed E-state index contributed by atoms with van der Waals surface area (Å²) in [7, 11) is 3.93. The lowest BCUT2D eigenvalue weighted by Crippen LogP contribution is -2.42. The van der Waals surface area contributed by atoms with Crippen molar-refractivity contribution in [3.63, 3.8) is 0 Å². The van der Waals surface area contributed by atoms with Crippen molar-refractivity contribution in [1.29, 1.82) is 0 Å².